The van der Waals surface area contributed by atoms with Crippen molar-refractivity contribution in [3.63, 3.8) is 0 Å². The van der Waals surface area contributed by atoms with Gasteiger partial charge in [0.25, 0.3) is 0 Å². The Balaban J connectivity index is 2.77. The van der Waals surface area contributed by atoms with Gasteiger partial charge in [-0.05, 0) is 63.9 Å². The Kier molecular flexibility index (Phi) is 5.82. The average molecular weight is 328 g/mol. The highest BCUT2D eigenvalue weighted by Crippen LogP contribution is 2.14. The van der Waals surface area contributed by atoms with Gasteiger partial charge in [0, 0.05) is 0 Å². The first kappa shape index (κ1) is 18.3. The van der Waals surface area contributed by atoms with E-state index >= 15 is 0 Å². The van der Waals surface area contributed by atoms with Crippen LogP contribution in [0.5, 0.6) is 0 Å². The number of carbonyl (C=O) groups excluding carboxylic acids is 2. The van der Waals surface area contributed by atoms with Gasteiger partial charge in [-0.1, -0.05) is 0 Å². The van der Waals surface area contributed by atoms with Gasteiger partial charge < -0.3 is 9.47 Å². The number of nitrogens with zero attached hydrogens (tertiary/aromatic N) is 1. The van der Waals surface area contributed by atoms with Crippen LogP contribution >= 0.6 is 11.3 Å². The van der Waals surface area contributed by atoms with Crippen LogP contribution in [0, 0.1) is 0 Å². The van der Waals surface area contributed by atoms with E-state index in [4.69, 9.17) is 9.47 Å². The Labute approximate surface area is 135 Å². The van der Waals surface area contributed by atoms with E-state index in [2.05, 4.69) is 5.43 Å². The van der Waals surface area contributed by atoms with Crippen molar-refractivity contribution in [2.24, 2.45) is 0 Å². The maximum absolute atomic E-state index is 12.2. The minimum absolute atomic E-state index is 0.206. The summed E-state index contributed by atoms with van der Waals surface area (Å²) in [5, 5.41) is 4.91. The minimum atomic E-state index is -0.700. The molecule has 6 nitrogen and oxygen atoms in total. The second-order valence-corrected chi connectivity index (χ2v) is 7.59. The molecule has 0 saturated heterocycles. The molecule has 0 unspecified atom stereocenters. The van der Waals surface area contributed by atoms with Crippen LogP contribution in [0.4, 0.5) is 9.59 Å². The van der Waals surface area contributed by atoms with Crippen molar-refractivity contribution in [3.8, 4) is 0 Å². The highest BCUT2D eigenvalue weighted by atomic mass is 32.1. The number of amides is 2. The fourth-order valence-electron chi connectivity index (χ4n) is 1.44. The normalized spacial score (nSPS) is 11.7. The Morgan fingerprint density at radius 2 is 1.73 bits per heavy atom. The summed E-state index contributed by atoms with van der Waals surface area (Å²) in [6, 6.07) is 1.87. The van der Waals surface area contributed by atoms with E-state index in [-0.39, 0.29) is 6.54 Å². The summed E-state index contributed by atoms with van der Waals surface area (Å²) >= 11 is 1.51. The lowest BCUT2D eigenvalue weighted by Gasteiger charge is -2.28. The molecule has 0 aromatic carbocycles. The quantitative estimate of drug-likeness (QED) is 0.835. The molecule has 0 radical (unpaired) electrons. The fraction of sp³-hybridized carbons (Fsp3) is 0.600. The molecular formula is C15H24N2O4S. The van der Waals surface area contributed by atoms with Crippen LogP contribution in [0.1, 0.15) is 47.1 Å². The molecule has 1 rings (SSSR count). The van der Waals surface area contributed by atoms with Crippen LogP contribution in [-0.4, -0.2) is 28.4 Å². The van der Waals surface area contributed by atoms with Crippen molar-refractivity contribution in [2.75, 3.05) is 0 Å². The first-order chi connectivity index (χ1) is 9.96. The van der Waals surface area contributed by atoms with Crippen LogP contribution < -0.4 is 5.43 Å². The van der Waals surface area contributed by atoms with E-state index in [0.29, 0.717) is 0 Å². The Hall–Kier alpha value is -1.76. The molecule has 0 fully saturated rings. The number of carbonyl (C=O) groups is 2. The summed E-state index contributed by atoms with van der Waals surface area (Å²) in [7, 11) is 0. The maximum atomic E-state index is 12.2. The summed E-state index contributed by atoms with van der Waals surface area (Å²) in [5.41, 5.74) is 2.03. The van der Waals surface area contributed by atoms with Gasteiger partial charge in [-0.25, -0.2) is 20.0 Å². The Morgan fingerprint density at radius 3 is 2.18 bits per heavy atom. The number of rotatable bonds is 2. The molecule has 1 aromatic heterocycles. The van der Waals surface area contributed by atoms with Crippen molar-refractivity contribution in [2.45, 2.75) is 59.3 Å². The van der Waals surface area contributed by atoms with Gasteiger partial charge in [0.1, 0.15) is 11.2 Å². The second kappa shape index (κ2) is 7.00. The standard InChI is InChI=1S/C15H24N2O4S/c1-14(2,3)20-12(18)16-17(9-11-7-8-22-10-11)13(19)21-15(4,5)6/h7-8,10H,9H2,1-6H3,(H,16,18). The summed E-state index contributed by atoms with van der Waals surface area (Å²) in [6.07, 6.45) is -1.34. The molecule has 7 heteroatoms. The fourth-order valence-corrected chi connectivity index (χ4v) is 2.10. The van der Waals surface area contributed by atoms with Crippen LogP contribution in [-0.2, 0) is 16.0 Å². The molecule has 1 aromatic rings. The molecule has 1 N–H and O–H groups in total. The van der Waals surface area contributed by atoms with Gasteiger partial charge in [-0.2, -0.15) is 11.3 Å². The van der Waals surface area contributed by atoms with Crippen LogP contribution in [0.2, 0.25) is 0 Å². The smallest absolute Gasteiger partial charge is 0.429 e. The van der Waals surface area contributed by atoms with Crippen LogP contribution in [0.15, 0.2) is 16.8 Å². The molecule has 124 valence electrons. The first-order valence-corrected chi connectivity index (χ1v) is 7.92. The highest BCUT2D eigenvalue weighted by Gasteiger charge is 2.26. The molecular weight excluding hydrogens is 304 g/mol. The topological polar surface area (TPSA) is 67.9 Å². The van der Waals surface area contributed by atoms with Gasteiger partial charge in [0.2, 0.25) is 0 Å². The molecule has 2 amide bonds. The molecule has 0 spiro atoms. The first-order valence-electron chi connectivity index (χ1n) is 6.97. The number of nitrogens with one attached hydrogen (secondary N) is 1. The van der Waals surface area contributed by atoms with Crippen molar-refractivity contribution >= 4 is 23.5 Å². The summed E-state index contributed by atoms with van der Waals surface area (Å²) in [6.45, 7) is 10.8. The van der Waals surface area contributed by atoms with Gasteiger partial charge in [0.15, 0.2) is 0 Å². The second-order valence-electron chi connectivity index (χ2n) is 6.81. The minimum Gasteiger partial charge on any atom is -0.443 e. The van der Waals surface area contributed by atoms with E-state index in [1.165, 1.54) is 11.3 Å². The maximum Gasteiger partial charge on any atom is 0.429 e. The van der Waals surface area contributed by atoms with Gasteiger partial charge in [-0.3, -0.25) is 0 Å². The van der Waals surface area contributed by atoms with E-state index in [9.17, 15) is 9.59 Å². The zero-order valence-electron chi connectivity index (χ0n) is 13.9. The Morgan fingerprint density at radius 1 is 1.14 bits per heavy atom. The summed E-state index contributed by atoms with van der Waals surface area (Å²) in [4.78, 5) is 24.1. The molecule has 0 aliphatic rings. The van der Waals surface area contributed by atoms with E-state index in [0.717, 1.165) is 10.6 Å². The van der Waals surface area contributed by atoms with Gasteiger partial charge >= 0.3 is 12.2 Å². The third-order valence-electron chi connectivity index (χ3n) is 2.16. The number of thiophene rings is 1. The third-order valence-corrected chi connectivity index (χ3v) is 2.89. The number of hydrazine groups is 1. The molecule has 0 bridgehead atoms. The van der Waals surface area contributed by atoms with E-state index in [1.54, 1.807) is 41.5 Å². The van der Waals surface area contributed by atoms with Crippen molar-refractivity contribution in [1.82, 2.24) is 10.4 Å². The van der Waals surface area contributed by atoms with E-state index in [1.807, 2.05) is 16.8 Å². The summed E-state index contributed by atoms with van der Waals surface area (Å²) in [5.74, 6) is 0. The van der Waals surface area contributed by atoms with Crippen molar-refractivity contribution < 1.29 is 19.1 Å². The van der Waals surface area contributed by atoms with Crippen molar-refractivity contribution in [1.29, 1.82) is 0 Å². The SMILES string of the molecule is CC(C)(C)OC(=O)NN(Cc1ccsc1)C(=O)OC(C)(C)C. The molecule has 0 aliphatic heterocycles. The average Bonchev–Trinajstić information content (AvgIpc) is 2.75. The molecule has 1 heterocycles. The zero-order chi connectivity index (χ0) is 17.0. The third kappa shape index (κ3) is 7.31. The van der Waals surface area contributed by atoms with Crippen molar-refractivity contribution in [3.05, 3.63) is 22.4 Å². The number of hydrogen-bond acceptors (Lipinski definition) is 5. The monoisotopic (exact) mass is 328 g/mol. The largest absolute Gasteiger partial charge is 0.443 e. The lowest BCUT2D eigenvalue weighted by atomic mass is 10.2. The Bertz CT molecular complexity index is 501. The number of ether oxygens (including phenoxy) is 2. The molecule has 0 atom stereocenters. The lowest BCUT2D eigenvalue weighted by molar-refractivity contribution is -0.000629. The van der Waals surface area contributed by atoms with Crippen LogP contribution in [0.25, 0.3) is 0 Å². The molecule has 0 saturated carbocycles. The predicted octanol–water partition coefficient (Wildman–Crippen LogP) is 3.92. The molecule has 0 aliphatic carbocycles. The zero-order valence-corrected chi connectivity index (χ0v) is 14.7. The molecule has 22 heavy (non-hydrogen) atoms. The lowest BCUT2D eigenvalue weighted by Crippen LogP contribution is -2.49. The number of hydrogen-bond donors (Lipinski definition) is 1. The highest BCUT2D eigenvalue weighted by molar-refractivity contribution is 7.07. The van der Waals surface area contributed by atoms with Crippen LogP contribution in [0.3, 0.4) is 0 Å². The van der Waals surface area contributed by atoms with E-state index < -0.39 is 23.4 Å². The predicted molar refractivity (Wildman–Crippen MR) is 85.5 cm³/mol. The van der Waals surface area contributed by atoms with Gasteiger partial charge in [0.05, 0.1) is 6.54 Å². The van der Waals surface area contributed by atoms with Gasteiger partial charge in [-0.15, -0.1) is 0 Å². The summed E-state index contributed by atoms with van der Waals surface area (Å²) < 4.78 is 10.5.